The van der Waals surface area contributed by atoms with Crippen LogP contribution in [0.2, 0.25) is 0 Å². The molecule has 1 aliphatic heterocycles. The van der Waals surface area contributed by atoms with Crippen molar-refractivity contribution in [3.63, 3.8) is 0 Å². The Morgan fingerprint density at radius 3 is 2.33 bits per heavy atom. The first-order valence-electron chi connectivity index (χ1n) is 4.00. The minimum atomic E-state index is 0.351. The number of ether oxygens (including phenoxy) is 2. The minimum Gasteiger partial charge on any atom is -0.471 e. The molecular weight excluding hydrogens is 158 g/mol. The minimum absolute atomic E-state index is 0.351. The van der Waals surface area contributed by atoms with Crippen LogP contribution in [-0.2, 0) is 14.3 Å². The number of hydrogen-bond donors (Lipinski definition) is 1. The van der Waals surface area contributed by atoms with Crippen LogP contribution >= 0.6 is 0 Å². The molecule has 0 aromatic heterocycles. The van der Waals surface area contributed by atoms with Gasteiger partial charge in [-0.1, -0.05) is 0 Å². The maximum Gasteiger partial charge on any atom is 0.292 e. The molecule has 1 fully saturated rings. The SMILES string of the molecule is CC(N)CC1COC1.COC=O. The summed E-state index contributed by atoms with van der Waals surface area (Å²) in [5.74, 6) is 0.759. The van der Waals surface area contributed by atoms with Crippen molar-refractivity contribution in [1.29, 1.82) is 0 Å². The zero-order chi connectivity index (χ0) is 9.40. The van der Waals surface area contributed by atoms with Crippen LogP contribution in [0.15, 0.2) is 0 Å². The molecule has 1 heterocycles. The summed E-state index contributed by atoms with van der Waals surface area (Å²) >= 11 is 0. The Balaban J connectivity index is 0.000000261. The fraction of sp³-hybridized carbons (Fsp3) is 0.875. The Labute approximate surface area is 73.0 Å². The topological polar surface area (TPSA) is 61.6 Å². The van der Waals surface area contributed by atoms with Crippen molar-refractivity contribution in [1.82, 2.24) is 0 Å². The Morgan fingerprint density at radius 1 is 1.75 bits per heavy atom. The van der Waals surface area contributed by atoms with E-state index in [1.54, 1.807) is 0 Å². The molecule has 1 aliphatic rings. The summed E-state index contributed by atoms with van der Waals surface area (Å²) < 4.78 is 8.84. The van der Waals surface area contributed by atoms with E-state index in [9.17, 15) is 0 Å². The summed E-state index contributed by atoms with van der Waals surface area (Å²) in [5.41, 5.74) is 5.55. The van der Waals surface area contributed by atoms with E-state index in [2.05, 4.69) is 4.74 Å². The predicted octanol–water partition coefficient (Wildman–Crippen LogP) is 0.159. The van der Waals surface area contributed by atoms with E-state index < -0.39 is 0 Å². The van der Waals surface area contributed by atoms with Gasteiger partial charge in [0.05, 0.1) is 20.3 Å². The Kier molecular flexibility index (Phi) is 6.70. The van der Waals surface area contributed by atoms with Crippen molar-refractivity contribution in [3.8, 4) is 0 Å². The first kappa shape index (κ1) is 11.4. The maximum atomic E-state index is 8.95. The summed E-state index contributed by atoms with van der Waals surface area (Å²) in [6.45, 7) is 4.28. The van der Waals surface area contributed by atoms with Crippen LogP contribution in [0.3, 0.4) is 0 Å². The molecule has 0 spiro atoms. The first-order chi connectivity index (χ1) is 5.70. The van der Waals surface area contributed by atoms with Crippen LogP contribution < -0.4 is 5.73 Å². The standard InChI is InChI=1S/C6H13NO.C2H4O2/c1-5(7)2-6-3-8-4-6;1-4-2-3/h5-6H,2-4,7H2,1H3;2H,1H3. The third-order valence-corrected chi connectivity index (χ3v) is 1.51. The molecule has 4 heteroatoms. The van der Waals surface area contributed by atoms with Crippen LogP contribution in [0.1, 0.15) is 13.3 Å². The molecule has 12 heavy (non-hydrogen) atoms. The summed E-state index contributed by atoms with van der Waals surface area (Å²) in [4.78, 5) is 8.95. The van der Waals surface area contributed by atoms with Gasteiger partial charge in [-0.2, -0.15) is 0 Å². The second kappa shape index (κ2) is 7.06. The van der Waals surface area contributed by atoms with E-state index in [0.717, 1.165) is 25.6 Å². The van der Waals surface area contributed by atoms with Crippen molar-refractivity contribution in [2.45, 2.75) is 19.4 Å². The van der Waals surface area contributed by atoms with Crippen molar-refractivity contribution in [3.05, 3.63) is 0 Å². The highest BCUT2D eigenvalue weighted by Gasteiger charge is 2.18. The number of nitrogens with two attached hydrogens (primary N) is 1. The molecule has 4 nitrogen and oxygen atoms in total. The van der Waals surface area contributed by atoms with E-state index in [0.29, 0.717) is 12.5 Å². The van der Waals surface area contributed by atoms with E-state index in [-0.39, 0.29) is 0 Å². The average Bonchev–Trinajstić information content (AvgIpc) is 1.97. The van der Waals surface area contributed by atoms with Crippen LogP contribution in [0.4, 0.5) is 0 Å². The molecule has 0 aromatic rings. The molecular formula is C8H17NO3. The third-order valence-electron chi connectivity index (χ3n) is 1.51. The summed E-state index contributed by atoms with van der Waals surface area (Å²) in [6, 6.07) is 0.351. The smallest absolute Gasteiger partial charge is 0.292 e. The summed E-state index contributed by atoms with van der Waals surface area (Å²) in [6.07, 6.45) is 1.12. The molecule has 1 saturated heterocycles. The molecule has 2 N–H and O–H groups in total. The summed E-state index contributed by atoms with van der Waals surface area (Å²) in [5, 5.41) is 0. The van der Waals surface area contributed by atoms with Gasteiger partial charge in [0.2, 0.25) is 0 Å². The highest BCUT2D eigenvalue weighted by Crippen LogP contribution is 2.14. The Morgan fingerprint density at radius 2 is 2.25 bits per heavy atom. The lowest BCUT2D eigenvalue weighted by Crippen LogP contribution is -2.32. The van der Waals surface area contributed by atoms with Crippen molar-refractivity contribution in [2.24, 2.45) is 11.7 Å². The maximum absolute atomic E-state index is 8.95. The largest absolute Gasteiger partial charge is 0.471 e. The summed E-state index contributed by atoms with van der Waals surface area (Å²) in [7, 11) is 1.31. The Bertz CT molecular complexity index is 113. The van der Waals surface area contributed by atoms with Crippen LogP contribution in [0, 0.1) is 5.92 Å². The zero-order valence-electron chi connectivity index (χ0n) is 7.66. The molecule has 0 aromatic carbocycles. The molecule has 0 saturated carbocycles. The highest BCUT2D eigenvalue weighted by atomic mass is 16.5. The molecule has 0 radical (unpaired) electrons. The molecule has 0 amide bonds. The van der Waals surface area contributed by atoms with E-state index >= 15 is 0 Å². The molecule has 0 bridgehead atoms. The fourth-order valence-electron chi connectivity index (χ4n) is 0.946. The van der Waals surface area contributed by atoms with Crippen molar-refractivity contribution >= 4 is 6.47 Å². The van der Waals surface area contributed by atoms with E-state index in [1.807, 2.05) is 6.92 Å². The van der Waals surface area contributed by atoms with Crippen molar-refractivity contribution < 1.29 is 14.3 Å². The van der Waals surface area contributed by atoms with Gasteiger partial charge >= 0.3 is 0 Å². The number of hydrogen-bond acceptors (Lipinski definition) is 4. The van der Waals surface area contributed by atoms with Gasteiger partial charge in [0.15, 0.2) is 0 Å². The average molecular weight is 175 g/mol. The van der Waals surface area contributed by atoms with Crippen LogP contribution in [0.5, 0.6) is 0 Å². The quantitative estimate of drug-likeness (QED) is 0.621. The lowest BCUT2D eigenvalue weighted by atomic mass is 10.0. The van der Waals surface area contributed by atoms with Gasteiger partial charge in [0.1, 0.15) is 0 Å². The lowest BCUT2D eigenvalue weighted by Gasteiger charge is -2.26. The molecule has 1 atom stereocenters. The molecule has 0 aliphatic carbocycles. The molecule has 1 rings (SSSR count). The van der Waals surface area contributed by atoms with E-state index in [1.165, 1.54) is 7.11 Å². The first-order valence-corrected chi connectivity index (χ1v) is 4.00. The van der Waals surface area contributed by atoms with E-state index in [4.69, 9.17) is 15.3 Å². The van der Waals surface area contributed by atoms with Gasteiger partial charge in [-0.25, -0.2) is 0 Å². The third kappa shape index (κ3) is 6.12. The van der Waals surface area contributed by atoms with Gasteiger partial charge in [-0.15, -0.1) is 0 Å². The molecule has 1 unspecified atom stereocenters. The zero-order valence-corrected chi connectivity index (χ0v) is 7.66. The van der Waals surface area contributed by atoms with Gasteiger partial charge in [-0.05, 0) is 13.3 Å². The Hall–Kier alpha value is -0.610. The van der Waals surface area contributed by atoms with Crippen molar-refractivity contribution in [2.75, 3.05) is 20.3 Å². The van der Waals surface area contributed by atoms with Crippen LogP contribution in [0.25, 0.3) is 0 Å². The van der Waals surface area contributed by atoms with Gasteiger partial charge in [-0.3, -0.25) is 4.79 Å². The van der Waals surface area contributed by atoms with Gasteiger partial charge in [0.25, 0.3) is 6.47 Å². The fourth-order valence-corrected chi connectivity index (χ4v) is 0.946. The van der Waals surface area contributed by atoms with Crippen LogP contribution in [-0.4, -0.2) is 32.8 Å². The number of carbonyl (C=O) groups excluding carboxylic acids is 1. The highest BCUT2D eigenvalue weighted by molar-refractivity contribution is 5.36. The van der Waals surface area contributed by atoms with Gasteiger partial charge < -0.3 is 15.2 Å². The van der Waals surface area contributed by atoms with Gasteiger partial charge in [0, 0.05) is 12.0 Å². The monoisotopic (exact) mass is 175 g/mol. The lowest BCUT2D eigenvalue weighted by molar-refractivity contribution is -0.126. The normalized spacial score (nSPS) is 18.2. The number of carbonyl (C=O) groups is 1. The second-order valence-corrected chi connectivity index (χ2v) is 2.95. The number of rotatable bonds is 3. The molecule has 72 valence electrons. The predicted molar refractivity (Wildman–Crippen MR) is 45.6 cm³/mol. The number of methoxy groups -OCH3 is 1. The second-order valence-electron chi connectivity index (χ2n) is 2.95.